The first-order chi connectivity index (χ1) is 9.35. The topological polar surface area (TPSA) is 136 Å². The number of carboxylic acids is 1. The molecule has 0 aliphatic rings. The Morgan fingerprint density at radius 1 is 1.50 bits per heavy atom. The number of non-ortho nitro benzene ring substituents is 1. The summed E-state index contributed by atoms with van der Waals surface area (Å²) in [4.78, 5) is 32.1. The van der Waals surface area contributed by atoms with Gasteiger partial charge in [-0.3, -0.25) is 19.7 Å². The smallest absolute Gasteiger partial charge is 0.305 e. The molecule has 0 saturated carbocycles. The average Bonchev–Trinajstić information content (AvgIpc) is 2.37. The van der Waals surface area contributed by atoms with Gasteiger partial charge in [-0.25, -0.2) is 0 Å². The van der Waals surface area contributed by atoms with E-state index in [1.165, 1.54) is 12.1 Å². The molecule has 0 bridgehead atoms. The molecule has 0 fully saturated rings. The maximum Gasteiger partial charge on any atom is 0.305 e. The van der Waals surface area contributed by atoms with Crippen molar-refractivity contribution in [2.24, 2.45) is 5.73 Å². The molecule has 0 aromatic heterocycles. The first-order valence-electron chi connectivity index (χ1n) is 5.91. The number of anilines is 1. The lowest BCUT2D eigenvalue weighted by atomic mass is 10.1. The van der Waals surface area contributed by atoms with Crippen molar-refractivity contribution in [3.8, 4) is 0 Å². The first-order valence-corrected chi connectivity index (χ1v) is 5.91. The zero-order valence-electron chi connectivity index (χ0n) is 10.8. The van der Waals surface area contributed by atoms with Crippen molar-refractivity contribution in [1.82, 2.24) is 0 Å². The summed E-state index contributed by atoms with van der Waals surface area (Å²) >= 11 is 0. The molecule has 1 aromatic rings. The van der Waals surface area contributed by atoms with Crippen LogP contribution in [-0.2, 0) is 4.79 Å². The molecule has 1 amide bonds. The Balaban J connectivity index is 3.07. The quantitative estimate of drug-likeness (QED) is 0.510. The van der Waals surface area contributed by atoms with Crippen LogP contribution in [0.3, 0.4) is 0 Å². The number of hydrogen-bond donors (Lipinski definition) is 3. The van der Waals surface area contributed by atoms with E-state index in [9.17, 15) is 19.7 Å². The SMILES string of the molecule is CCC(CC(=O)O)Nc1ccc([N+](=O)[O-])cc1C(N)=O. The number of carbonyl (C=O) groups is 2. The Morgan fingerprint density at radius 2 is 2.15 bits per heavy atom. The van der Waals surface area contributed by atoms with Crippen LogP contribution in [0.4, 0.5) is 11.4 Å². The fraction of sp³-hybridized carbons (Fsp3) is 0.333. The first kappa shape index (κ1) is 15.4. The van der Waals surface area contributed by atoms with Gasteiger partial charge >= 0.3 is 5.97 Å². The van der Waals surface area contributed by atoms with Gasteiger partial charge in [0.2, 0.25) is 0 Å². The minimum absolute atomic E-state index is 0.0389. The minimum Gasteiger partial charge on any atom is -0.481 e. The molecule has 1 aromatic carbocycles. The molecular formula is C12H15N3O5. The van der Waals surface area contributed by atoms with Gasteiger partial charge in [0.25, 0.3) is 11.6 Å². The highest BCUT2D eigenvalue weighted by Crippen LogP contribution is 2.23. The summed E-state index contributed by atoms with van der Waals surface area (Å²) in [6.07, 6.45) is 0.382. The predicted molar refractivity (Wildman–Crippen MR) is 71.6 cm³/mol. The number of aliphatic carboxylic acids is 1. The third-order valence-corrected chi connectivity index (χ3v) is 2.75. The lowest BCUT2D eigenvalue weighted by Gasteiger charge is -2.18. The summed E-state index contributed by atoms with van der Waals surface area (Å²) in [7, 11) is 0. The number of benzene rings is 1. The van der Waals surface area contributed by atoms with Crippen molar-refractivity contribution in [2.45, 2.75) is 25.8 Å². The van der Waals surface area contributed by atoms with Crippen LogP contribution in [0, 0.1) is 10.1 Å². The Hall–Kier alpha value is -2.64. The molecule has 1 atom stereocenters. The van der Waals surface area contributed by atoms with Crippen LogP contribution >= 0.6 is 0 Å². The van der Waals surface area contributed by atoms with Crippen LogP contribution in [0.1, 0.15) is 30.1 Å². The highest BCUT2D eigenvalue weighted by molar-refractivity contribution is 5.99. The second kappa shape index (κ2) is 6.50. The molecule has 108 valence electrons. The van der Waals surface area contributed by atoms with Crippen LogP contribution in [0.2, 0.25) is 0 Å². The zero-order chi connectivity index (χ0) is 15.3. The summed E-state index contributed by atoms with van der Waals surface area (Å²) in [6, 6.07) is 3.25. The predicted octanol–water partition coefficient (Wildman–Crippen LogP) is 1.36. The maximum absolute atomic E-state index is 11.3. The molecule has 1 unspecified atom stereocenters. The number of primary amides is 1. The minimum atomic E-state index is -0.980. The van der Waals surface area contributed by atoms with Gasteiger partial charge < -0.3 is 16.2 Å². The van der Waals surface area contributed by atoms with E-state index in [0.717, 1.165) is 6.07 Å². The number of nitro benzene ring substituents is 1. The Bertz CT molecular complexity index is 544. The molecule has 20 heavy (non-hydrogen) atoms. The maximum atomic E-state index is 11.3. The molecule has 0 spiro atoms. The van der Waals surface area contributed by atoms with Crippen molar-refractivity contribution in [1.29, 1.82) is 0 Å². The molecule has 0 aliphatic carbocycles. The highest BCUT2D eigenvalue weighted by atomic mass is 16.6. The van der Waals surface area contributed by atoms with Gasteiger partial charge in [0.1, 0.15) is 0 Å². The summed E-state index contributed by atoms with van der Waals surface area (Å²) in [5.74, 6) is -1.80. The van der Waals surface area contributed by atoms with Gasteiger partial charge in [-0.2, -0.15) is 0 Å². The third kappa shape index (κ3) is 3.94. The number of rotatable bonds is 7. The van der Waals surface area contributed by atoms with E-state index in [0.29, 0.717) is 6.42 Å². The molecule has 1 rings (SSSR count). The second-order valence-corrected chi connectivity index (χ2v) is 4.20. The molecule has 0 aliphatic heterocycles. The Labute approximate surface area is 114 Å². The van der Waals surface area contributed by atoms with E-state index in [-0.39, 0.29) is 23.4 Å². The van der Waals surface area contributed by atoms with Crippen LogP contribution in [0.25, 0.3) is 0 Å². The number of carbonyl (C=O) groups excluding carboxylic acids is 1. The van der Waals surface area contributed by atoms with Crippen molar-refractivity contribution in [2.75, 3.05) is 5.32 Å². The van der Waals surface area contributed by atoms with Gasteiger partial charge in [0, 0.05) is 23.9 Å². The average molecular weight is 281 g/mol. The molecule has 0 radical (unpaired) electrons. The van der Waals surface area contributed by atoms with Crippen LogP contribution < -0.4 is 11.1 Å². The number of nitro groups is 1. The fourth-order valence-electron chi connectivity index (χ4n) is 1.70. The third-order valence-electron chi connectivity index (χ3n) is 2.75. The molecule has 8 heteroatoms. The van der Waals surface area contributed by atoms with Crippen LogP contribution in [-0.4, -0.2) is 27.9 Å². The number of hydrogen-bond acceptors (Lipinski definition) is 5. The van der Waals surface area contributed by atoms with Crippen LogP contribution in [0.15, 0.2) is 18.2 Å². The highest BCUT2D eigenvalue weighted by Gasteiger charge is 2.18. The summed E-state index contributed by atoms with van der Waals surface area (Å²) in [6.45, 7) is 1.79. The van der Waals surface area contributed by atoms with Crippen molar-refractivity contribution < 1.29 is 19.6 Å². The molecule has 8 nitrogen and oxygen atoms in total. The summed E-state index contributed by atoms with van der Waals surface area (Å²) < 4.78 is 0. The largest absolute Gasteiger partial charge is 0.481 e. The van der Waals surface area contributed by atoms with Crippen molar-refractivity contribution >= 4 is 23.3 Å². The summed E-state index contributed by atoms with van der Waals surface area (Å²) in [5.41, 5.74) is 5.18. The standard InChI is InChI=1S/C12H15N3O5/c1-2-7(5-11(16)17)14-10-4-3-8(15(19)20)6-9(10)12(13)18/h3-4,6-7,14H,2,5H2,1H3,(H2,13,18)(H,16,17). The van der Waals surface area contributed by atoms with E-state index in [1.54, 1.807) is 6.92 Å². The van der Waals surface area contributed by atoms with Crippen molar-refractivity contribution in [3.63, 3.8) is 0 Å². The summed E-state index contributed by atoms with van der Waals surface area (Å²) in [5, 5.41) is 22.3. The number of amides is 1. The molecule has 4 N–H and O–H groups in total. The molecular weight excluding hydrogens is 266 g/mol. The van der Waals surface area contributed by atoms with E-state index in [4.69, 9.17) is 10.8 Å². The van der Waals surface area contributed by atoms with Gasteiger partial charge in [-0.1, -0.05) is 6.92 Å². The monoisotopic (exact) mass is 281 g/mol. The van der Waals surface area contributed by atoms with Gasteiger partial charge in [0.15, 0.2) is 0 Å². The lowest BCUT2D eigenvalue weighted by Crippen LogP contribution is -2.24. The lowest BCUT2D eigenvalue weighted by molar-refractivity contribution is -0.384. The number of nitrogens with zero attached hydrogens (tertiary/aromatic N) is 1. The van der Waals surface area contributed by atoms with Gasteiger partial charge in [-0.05, 0) is 12.5 Å². The van der Waals surface area contributed by atoms with Crippen LogP contribution in [0.5, 0.6) is 0 Å². The van der Waals surface area contributed by atoms with E-state index >= 15 is 0 Å². The van der Waals surface area contributed by atoms with Gasteiger partial charge in [0.05, 0.1) is 16.9 Å². The normalized spacial score (nSPS) is 11.7. The van der Waals surface area contributed by atoms with Gasteiger partial charge in [-0.15, -0.1) is 0 Å². The second-order valence-electron chi connectivity index (χ2n) is 4.20. The molecule has 0 saturated heterocycles. The zero-order valence-corrected chi connectivity index (χ0v) is 10.8. The number of carboxylic acid groups (broad SMARTS) is 1. The van der Waals surface area contributed by atoms with E-state index in [2.05, 4.69) is 5.32 Å². The Morgan fingerprint density at radius 3 is 2.60 bits per heavy atom. The number of nitrogens with two attached hydrogens (primary N) is 1. The van der Waals surface area contributed by atoms with E-state index in [1.807, 2.05) is 0 Å². The fourth-order valence-corrected chi connectivity index (χ4v) is 1.70. The van der Waals surface area contributed by atoms with E-state index < -0.39 is 22.8 Å². The van der Waals surface area contributed by atoms with Crippen molar-refractivity contribution in [3.05, 3.63) is 33.9 Å². The Kier molecular flexibility index (Phi) is 5.01. The molecule has 0 heterocycles. The number of nitrogens with one attached hydrogen (secondary N) is 1.